The molecule has 104 valence electrons. The fourth-order valence-electron chi connectivity index (χ4n) is 2.32. The average molecular weight is 272 g/mol. The van der Waals surface area contributed by atoms with E-state index in [1.165, 1.54) is 0 Å². The maximum atomic E-state index is 12.1. The molecule has 3 rings (SSSR count). The number of piperazine rings is 1. The fraction of sp³-hybridized carbons (Fsp3) is 0.286. The number of aromatic nitrogens is 1. The summed E-state index contributed by atoms with van der Waals surface area (Å²) in [6.45, 7) is 2.00. The Bertz CT molecular complexity index is 638. The Balaban J connectivity index is 1.90. The summed E-state index contributed by atoms with van der Waals surface area (Å²) in [5.41, 5.74) is 7.29. The Morgan fingerprint density at radius 1 is 1.30 bits per heavy atom. The van der Waals surface area contributed by atoms with E-state index in [0.717, 1.165) is 17.8 Å². The number of likely N-dealkylation sites (N-methyl/N-ethyl adjacent to an activating group) is 1. The van der Waals surface area contributed by atoms with Gasteiger partial charge in [-0.15, -0.1) is 0 Å². The molecule has 0 spiro atoms. The second-order valence-electron chi connectivity index (χ2n) is 4.95. The highest BCUT2D eigenvalue weighted by Crippen LogP contribution is 2.26. The van der Waals surface area contributed by atoms with Crippen LogP contribution in [0.5, 0.6) is 0 Å². The van der Waals surface area contributed by atoms with Crippen LogP contribution in [0.1, 0.15) is 0 Å². The third-order valence-corrected chi connectivity index (χ3v) is 3.38. The first-order valence-electron chi connectivity index (χ1n) is 6.45. The van der Waals surface area contributed by atoms with E-state index in [2.05, 4.69) is 5.16 Å². The van der Waals surface area contributed by atoms with Crippen LogP contribution in [0, 0.1) is 0 Å². The van der Waals surface area contributed by atoms with Crippen molar-refractivity contribution in [2.24, 2.45) is 0 Å². The molecule has 1 aliphatic heterocycles. The van der Waals surface area contributed by atoms with Gasteiger partial charge in [-0.1, -0.05) is 17.3 Å². The lowest BCUT2D eigenvalue weighted by Gasteiger charge is -2.32. The zero-order valence-corrected chi connectivity index (χ0v) is 11.2. The minimum absolute atomic E-state index is 0.105. The molecule has 0 atom stereocenters. The summed E-state index contributed by atoms with van der Waals surface area (Å²) in [6.07, 6.45) is 0. The number of nitrogens with two attached hydrogens (primary N) is 1. The van der Waals surface area contributed by atoms with Crippen LogP contribution in [-0.2, 0) is 4.79 Å². The van der Waals surface area contributed by atoms with Crippen molar-refractivity contribution in [2.45, 2.75) is 0 Å². The summed E-state index contributed by atoms with van der Waals surface area (Å²) in [7, 11) is 1.95. The number of carbonyl (C=O) groups excluding carboxylic acids is 1. The molecule has 1 aliphatic rings. The van der Waals surface area contributed by atoms with Gasteiger partial charge >= 0.3 is 0 Å². The Morgan fingerprint density at radius 2 is 2.15 bits per heavy atom. The molecule has 2 heterocycles. The van der Waals surface area contributed by atoms with E-state index < -0.39 is 0 Å². The van der Waals surface area contributed by atoms with E-state index in [9.17, 15) is 4.79 Å². The van der Waals surface area contributed by atoms with Gasteiger partial charge in [0, 0.05) is 30.4 Å². The van der Waals surface area contributed by atoms with E-state index in [-0.39, 0.29) is 5.91 Å². The number of anilines is 2. The van der Waals surface area contributed by atoms with Crippen molar-refractivity contribution in [3.63, 3.8) is 0 Å². The van der Waals surface area contributed by atoms with E-state index in [4.69, 9.17) is 10.3 Å². The predicted molar refractivity (Wildman–Crippen MR) is 76.2 cm³/mol. The topological polar surface area (TPSA) is 75.6 Å². The lowest BCUT2D eigenvalue weighted by Crippen LogP contribution is -2.48. The van der Waals surface area contributed by atoms with E-state index >= 15 is 0 Å². The van der Waals surface area contributed by atoms with Crippen LogP contribution in [0.2, 0.25) is 0 Å². The molecule has 20 heavy (non-hydrogen) atoms. The highest BCUT2D eigenvalue weighted by atomic mass is 16.5. The predicted octanol–water partition coefficient (Wildman–Crippen LogP) is 1.20. The second-order valence-corrected chi connectivity index (χ2v) is 4.95. The van der Waals surface area contributed by atoms with Gasteiger partial charge in [-0.05, 0) is 19.2 Å². The van der Waals surface area contributed by atoms with Crippen LogP contribution < -0.4 is 10.6 Å². The van der Waals surface area contributed by atoms with Gasteiger partial charge in [0.05, 0.1) is 6.54 Å². The van der Waals surface area contributed by atoms with Crippen LogP contribution in [-0.4, -0.2) is 42.6 Å². The lowest BCUT2D eigenvalue weighted by molar-refractivity contribution is -0.120. The fourth-order valence-corrected chi connectivity index (χ4v) is 2.32. The molecule has 6 heteroatoms. The van der Waals surface area contributed by atoms with Crippen molar-refractivity contribution in [3.8, 4) is 11.3 Å². The largest absolute Gasteiger partial charge is 0.381 e. The van der Waals surface area contributed by atoms with Crippen LogP contribution in [0.15, 0.2) is 34.9 Å². The number of hydrogen-bond acceptors (Lipinski definition) is 5. The molecule has 0 aliphatic carbocycles. The number of hydrogen-bond donors (Lipinski definition) is 1. The summed E-state index contributed by atoms with van der Waals surface area (Å²) >= 11 is 0. The number of benzene rings is 1. The van der Waals surface area contributed by atoms with Gasteiger partial charge in [0.25, 0.3) is 0 Å². The zero-order valence-electron chi connectivity index (χ0n) is 11.2. The van der Waals surface area contributed by atoms with E-state index in [0.29, 0.717) is 24.7 Å². The average Bonchev–Trinajstić information content (AvgIpc) is 2.86. The molecular formula is C14H16N4O2. The molecule has 1 fully saturated rings. The van der Waals surface area contributed by atoms with Crippen LogP contribution in [0.4, 0.5) is 11.5 Å². The van der Waals surface area contributed by atoms with Crippen molar-refractivity contribution in [2.75, 3.05) is 37.3 Å². The smallest absolute Gasteiger partial charge is 0.241 e. The molecule has 0 radical (unpaired) electrons. The number of carbonyl (C=O) groups is 1. The minimum atomic E-state index is 0.105. The summed E-state index contributed by atoms with van der Waals surface area (Å²) in [5, 5.41) is 3.68. The van der Waals surface area contributed by atoms with E-state index in [1.54, 1.807) is 11.0 Å². The molecule has 0 bridgehead atoms. The highest BCUT2D eigenvalue weighted by molar-refractivity contribution is 5.96. The Kier molecular flexibility index (Phi) is 3.15. The number of nitrogen functional groups attached to an aromatic ring is 1. The van der Waals surface area contributed by atoms with Crippen LogP contribution in [0.25, 0.3) is 11.3 Å². The van der Waals surface area contributed by atoms with Gasteiger partial charge in [-0.3, -0.25) is 9.69 Å². The van der Waals surface area contributed by atoms with Crippen molar-refractivity contribution in [1.82, 2.24) is 10.1 Å². The first-order valence-corrected chi connectivity index (χ1v) is 6.45. The molecule has 1 aromatic carbocycles. The lowest BCUT2D eigenvalue weighted by atomic mass is 10.1. The van der Waals surface area contributed by atoms with Crippen LogP contribution in [0.3, 0.4) is 0 Å². The summed E-state index contributed by atoms with van der Waals surface area (Å²) in [6, 6.07) is 9.32. The summed E-state index contributed by atoms with van der Waals surface area (Å²) < 4.78 is 5.15. The molecule has 2 N–H and O–H groups in total. The number of amides is 1. The molecule has 1 amide bonds. The van der Waals surface area contributed by atoms with E-state index in [1.807, 2.05) is 36.2 Å². The standard InChI is InChI=1S/C14H16N4O2/c1-17-5-6-18(14(19)9-17)11-4-2-3-10(7-11)12-8-13(15)16-20-12/h2-4,7-8H,5-6,9H2,1H3,(H2,15,16). The molecule has 0 unspecified atom stereocenters. The maximum absolute atomic E-state index is 12.1. The van der Waals surface area contributed by atoms with Crippen LogP contribution >= 0.6 is 0 Å². The number of nitrogens with zero attached hydrogens (tertiary/aromatic N) is 3. The van der Waals surface area contributed by atoms with Crippen molar-refractivity contribution < 1.29 is 9.32 Å². The van der Waals surface area contributed by atoms with Gasteiger partial charge in [-0.25, -0.2) is 0 Å². The molecular weight excluding hydrogens is 256 g/mol. The summed E-state index contributed by atoms with van der Waals surface area (Å²) in [4.78, 5) is 15.9. The van der Waals surface area contributed by atoms with Gasteiger partial charge in [0.15, 0.2) is 11.6 Å². The maximum Gasteiger partial charge on any atom is 0.241 e. The minimum Gasteiger partial charge on any atom is -0.381 e. The highest BCUT2D eigenvalue weighted by Gasteiger charge is 2.23. The molecule has 0 saturated carbocycles. The molecule has 1 saturated heterocycles. The zero-order chi connectivity index (χ0) is 14.1. The quantitative estimate of drug-likeness (QED) is 0.889. The summed E-state index contributed by atoms with van der Waals surface area (Å²) in [5.74, 6) is 1.06. The van der Waals surface area contributed by atoms with Gasteiger partial charge in [0.2, 0.25) is 5.91 Å². The van der Waals surface area contributed by atoms with Crippen molar-refractivity contribution >= 4 is 17.4 Å². The van der Waals surface area contributed by atoms with Gasteiger partial charge in [0.1, 0.15) is 0 Å². The van der Waals surface area contributed by atoms with Crippen molar-refractivity contribution in [3.05, 3.63) is 30.3 Å². The Labute approximate surface area is 116 Å². The third kappa shape index (κ3) is 2.37. The second kappa shape index (κ2) is 4.97. The Morgan fingerprint density at radius 3 is 2.85 bits per heavy atom. The number of rotatable bonds is 2. The molecule has 1 aromatic heterocycles. The van der Waals surface area contributed by atoms with Crippen molar-refractivity contribution in [1.29, 1.82) is 0 Å². The first kappa shape index (κ1) is 12.7. The Hall–Kier alpha value is -2.34. The van der Waals surface area contributed by atoms with Gasteiger partial charge in [-0.2, -0.15) is 0 Å². The monoisotopic (exact) mass is 272 g/mol. The third-order valence-electron chi connectivity index (χ3n) is 3.38. The normalized spacial score (nSPS) is 16.6. The van der Waals surface area contributed by atoms with Gasteiger partial charge < -0.3 is 15.2 Å². The molecule has 6 nitrogen and oxygen atoms in total. The molecule has 2 aromatic rings. The SMILES string of the molecule is CN1CCN(c2cccc(-c3cc(N)no3)c2)C(=O)C1. The first-order chi connectivity index (χ1) is 9.63.